The third-order valence-corrected chi connectivity index (χ3v) is 3.14. The highest BCUT2D eigenvalue weighted by atomic mass is 35.5. The van der Waals surface area contributed by atoms with E-state index < -0.39 is 12.6 Å². The summed E-state index contributed by atoms with van der Waals surface area (Å²) in [5.41, 5.74) is 6.57. The van der Waals surface area contributed by atoms with E-state index in [9.17, 15) is 13.6 Å². The molecule has 23 heavy (non-hydrogen) atoms. The Labute approximate surface area is 145 Å². The maximum Gasteiger partial charge on any atom is 0.319 e. The smallest absolute Gasteiger partial charge is 0.319 e. The van der Waals surface area contributed by atoms with Gasteiger partial charge in [0.2, 0.25) is 5.91 Å². The molecule has 0 radical (unpaired) electrons. The first-order chi connectivity index (χ1) is 10.0. The minimum Gasteiger partial charge on any atom is -0.337 e. The van der Waals surface area contributed by atoms with Crippen LogP contribution >= 0.6 is 24.8 Å². The summed E-state index contributed by atoms with van der Waals surface area (Å²) in [6.45, 7) is -2.72. The summed E-state index contributed by atoms with van der Waals surface area (Å²) < 4.78 is 26.2. The molecule has 1 unspecified atom stereocenters. The summed E-state index contributed by atoms with van der Waals surface area (Å²) >= 11 is 0. The summed E-state index contributed by atoms with van der Waals surface area (Å²) in [5.74, 6) is -0.244. The van der Waals surface area contributed by atoms with Gasteiger partial charge in [-0.3, -0.25) is 9.36 Å². The summed E-state index contributed by atoms with van der Waals surface area (Å²) in [7, 11) is 1.51. The van der Waals surface area contributed by atoms with E-state index in [1.165, 1.54) is 24.3 Å². The number of imidazole rings is 1. The molecule has 0 saturated heterocycles. The summed E-state index contributed by atoms with van der Waals surface area (Å²) in [4.78, 5) is 17.4. The quantitative estimate of drug-likeness (QED) is 0.884. The number of halogens is 4. The monoisotopic (exact) mass is 366 g/mol. The minimum absolute atomic E-state index is 0. The Hall–Kier alpha value is -1.70. The Morgan fingerprint density at radius 1 is 1.30 bits per heavy atom. The molecule has 2 rings (SSSR count). The largest absolute Gasteiger partial charge is 0.337 e. The number of alkyl halides is 2. The van der Waals surface area contributed by atoms with Gasteiger partial charge < -0.3 is 10.6 Å². The average Bonchev–Trinajstić information content (AvgIpc) is 2.95. The highest BCUT2D eigenvalue weighted by molar-refractivity contribution is 5.85. The van der Waals surface area contributed by atoms with Gasteiger partial charge in [-0.1, -0.05) is 30.3 Å². The van der Waals surface area contributed by atoms with Crippen molar-refractivity contribution in [1.82, 2.24) is 14.5 Å². The lowest BCUT2D eigenvalue weighted by Crippen LogP contribution is -2.36. The van der Waals surface area contributed by atoms with Crippen molar-refractivity contribution in [3.8, 4) is 0 Å². The number of carbonyl (C=O) groups excluding carboxylic acids is 1. The van der Waals surface area contributed by atoms with Crippen LogP contribution in [0, 0.1) is 0 Å². The molecule has 0 spiro atoms. The molecule has 0 fully saturated rings. The van der Waals surface area contributed by atoms with Crippen LogP contribution in [0.15, 0.2) is 42.7 Å². The van der Waals surface area contributed by atoms with Crippen molar-refractivity contribution in [1.29, 1.82) is 0 Å². The van der Waals surface area contributed by atoms with E-state index in [-0.39, 0.29) is 43.1 Å². The van der Waals surface area contributed by atoms with E-state index in [2.05, 4.69) is 4.98 Å². The number of nitrogens with zero attached hydrogens (tertiary/aromatic N) is 3. The highest BCUT2D eigenvalue weighted by Crippen LogP contribution is 2.16. The summed E-state index contributed by atoms with van der Waals surface area (Å²) in [6.07, 6.45) is 2.45. The molecule has 0 aliphatic carbocycles. The van der Waals surface area contributed by atoms with Gasteiger partial charge in [-0.2, -0.15) is 8.78 Å². The zero-order valence-corrected chi connectivity index (χ0v) is 13.9. The van der Waals surface area contributed by atoms with Crippen LogP contribution in [0.1, 0.15) is 24.0 Å². The Balaban J connectivity index is 0.00000242. The van der Waals surface area contributed by atoms with Crippen LogP contribution in [0.2, 0.25) is 0 Å². The zero-order valence-electron chi connectivity index (χ0n) is 12.3. The summed E-state index contributed by atoms with van der Waals surface area (Å²) in [5, 5.41) is 0. The van der Waals surface area contributed by atoms with Crippen molar-refractivity contribution < 1.29 is 13.6 Å². The van der Waals surface area contributed by atoms with Gasteiger partial charge in [0.1, 0.15) is 11.9 Å². The first-order valence-electron chi connectivity index (χ1n) is 6.36. The van der Waals surface area contributed by atoms with Crippen LogP contribution in [0.25, 0.3) is 0 Å². The first kappa shape index (κ1) is 21.3. The zero-order chi connectivity index (χ0) is 15.4. The van der Waals surface area contributed by atoms with Gasteiger partial charge in [-0.05, 0) is 5.56 Å². The van der Waals surface area contributed by atoms with Crippen molar-refractivity contribution in [2.45, 2.75) is 19.1 Å². The van der Waals surface area contributed by atoms with Crippen molar-refractivity contribution in [3.63, 3.8) is 0 Å². The number of hydrogen-bond acceptors (Lipinski definition) is 3. The lowest BCUT2D eigenvalue weighted by molar-refractivity contribution is -0.132. The second-order valence-corrected chi connectivity index (χ2v) is 4.61. The normalized spacial score (nSPS) is 11.3. The fourth-order valence-corrected chi connectivity index (χ4v) is 1.97. The highest BCUT2D eigenvalue weighted by Gasteiger charge is 2.22. The predicted molar refractivity (Wildman–Crippen MR) is 87.8 cm³/mol. The van der Waals surface area contributed by atoms with E-state index in [0.717, 1.165) is 4.57 Å². The van der Waals surface area contributed by atoms with E-state index >= 15 is 0 Å². The second-order valence-electron chi connectivity index (χ2n) is 4.61. The van der Waals surface area contributed by atoms with E-state index in [4.69, 9.17) is 5.73 Å². The van der Waals surface area contributed by atoms with Crippen LogP contribution < -0.4 is 5.73 Å². The molecule has 1 amide bonds. The van der Waals surface area contributed by atoms with Crippen LogP contribution in [0.3, 0.4) is 0 Å². The number of likely N-dealkylation sites (N-methyl/N-ethyl adjacent to an activating group) is 1. The number of nitrogens with two attached hydrogens (primary N) is 1. The maximum absolute atomic E-state index is 12.7. The number of rotatable bonds is 5. The molecule has 1 aromatic carbocycles. The molecular weight excluding hydrogens is 349 g/mol. The molecule has 0 saturated carbocycles. The van der Waals surface area contributed by atoms with Crippen LogP contribution in [-0.4, -0.2) is 27.4 Å². The number of hydrogen-bond donors (Lipinski definition) is 1. The molecular formula is C14H18Cl2F2N4O. The number of aromatic nitrogens is 2. The van der Waals surface area contributed by atoms with Gasteiger partial charge in [0, 0.05) is 19.4 Å². The molecule has 0 aliphatic rings. The van der Waals surface area contributed by atoms with Crippen LogP contribution in [-0.2, 0) is 11.3 Å². The molecule has 2 N–H and O–H groups in total. The average molecular weight is 367 g/mol. The Morgan fingerprint density at radius 3 is 2.48 bits per heavy atom. The number of benzene rings is 1. The van der Waals surface area contributed by atoms with Gasteiger partial charge in [-0.15, -0.1) is 24.8 Å². The minimum atomic E-state index is -2.69. The van der Waals surface area contributed by atoms with Crippen molar-refractivity contribution >= 4 is 30.7 Å². The summed E-state index contributed by atoms with van der Waals surface area (Å²) in [6, 6.07) is 8.06. The van der Waals surface area contributed by atoms with Crippen molar-refractivity contribution in [2.24, 2.45) is 5.73 Å². The topological polar surface area (TPSA) is 64.2 Å². The fourth-order valence-electron chi connectivity index (χ4n) is 1.97. The third-order valence-electron chi connectivity index (χ3n) is 3.14. The third kappa shape index (κ3) is 5.16. The molecule has 5 nitrogen and oxygen atoms in total. The molecule has 1 heterocycles. The van der Waals surface area contributed by atoms with Crippen LogP contribution in [0.4, 0.5) is 8.78 Å². The van der Waals surface area contributed by atoms with Gasteiger partial charge in [0.15, 0.2) is 0 Å². The van der Waals surface area contributed by atoms with E-state index in [1.807, 2.05) is 6.07 Å². The standard InChI is InChI=1S/C14H16F2N4O.2ClH/c1-19(9-11-18-7-8-20(11)14(15)16)13(21)12(17)10-5-3-2-4-6-10;;/h2-8,12,14H,9,17H2,1H3;2*1H. The number of amides is 1. The molecule has 2 aromatic rings. The van der Waals surface area contributed by atoms with E-state index in [1.54, 1.807) is 24.3 Å². The maximum atomic E-state index is 12.7. The fraction of sp³-hybridized carbons (Fsp3) is 0.286. The number of carbonyl (C=O) groups is 1. The van der Waals surface area contributed by atoms with Gasteiger partial charge in [0.25, 0.3) is 0 Å². The second kappa shape index (κ2) is 9.44. The SMILES string of the molecule is CN(Cc1nccn1C(F)F)C(=O)C(N)c1ccccc1.Cl.Cl. The first-order valence-corrected chi connectivity index (χ1v) is 6.36. The molecule has 0 bridgehead atoms. The Bertz CT molecular complexity index is 610. The van der Waals surface area contributed by atoms with Gasteiger partial charge in [-0.25, -0.2) is 4.98 Å². The Morgan fingerprint density at radius 2 is 1.91 bits per heavy atom. The lowest BCUT2D eigenvalue weighted by Gasteiger charge is -2.21. The van der Waals surface area contributed by atoms with Crippen molar-refractivity contribution in [3.05, 3.63) is 54.1 Å². The lowest BCUT2D eigenvalue weighted by atomic mass is 10.1. The molecule has 0 aliphatic heterocycles. The molecule has 1 aromatic heterocycles. The molecule has 9 heteroatoms. The van der Waals surface area contributed by atoms with Gasteiger partial charge >= 0.3 is 6.55 Å². The molecule has 1 atom stereocenters. The van der Waals surface area contributed by atoms with Gasteiger partial charge in [0.05, 0.1) is 6.54 Å². The molecule has 128 valence electrons. The van der Waals surface area contributed by atoms with Crippen molar-refractivity contribution in [2.75, 3.05) is 7.05 Å². The van der Waals surface area contributed by atoms with Crippen LogP contribution in [0.5, 0.6) is 0 Å². The Kier molecular flexibility index (Phi) is 8.74. The van der Waals surface area contributed by atoms with E-state index in [0.29, 0.717) is 5.56 Å². The predicted octanol–water partition coefficient (Wildman–Crippen LogP) is 2.78.